The number of rotatable bonds is 56. The summed E-state index contributed by atoms with van der Waals surface area (Å²) in [5.74, 6) is -0.156. The quantitative estimate of drug-likeness (QED) is 0.0357. The van der Waals surface area contributed by atoms with Gasteiger partial charge in [-0.05, 0) is 12.8 Å². The van der Waals surface area contributed by atoms with Crippen LogP contribution < -0.4 is 10.2 Å². The van der Waals surface area contributed by atoms with Gasteiger partial charge >= 0.3 is 0 Å². The fraction of sp³-hybridized carbons (Fsp3) is 0.983. The molecule has 9 heteroatoms. The summed E-state index contributed by atoms with van der Waals surface area (Å²) in [6, 6.07) is -0.795. The largest absolute Gasteiger partial charge is 0.756 e. The molecule has 0 aromatic carbocycles. The van der Waals surface area contributed by atoms with Gasteiger partial charge in [-0.15, -0.1) is 0 Å². The third-order valence-corrected chi connectivity index (χ3v) is 15.1. The molecule has 0 radical (unpaired) electrons. The molecule has 0 saturated carbocycles. The van der Waals surface area contributed by atoms with Gasteiger partial charge in [-0.25, -0.2) is 0 Å². The number of quaternary nitrogens is 1. The Morgan fingerprint density at radius 3 is 1.01 bits per heavy atom. The molecule has 0 heterocycles. The van der Waals surface area contributed by atoms with Crippen molar-refractivity contribution in [3.8, 4) is 0 Å². The lowest BCUT2D eigenvalue weighted by Gasteiger charge is -2.30. The summed E-state index contributed by atoms with van der Waals surface area (Å²) in [5, 5.41) is 14.0. The fourth-order valence-electron chi connectivity index (χ4n) is 9.40. The van der Waals surface area contributed by atoms with Crippen molar-refractivity contribution >= 4 is 13.7 Å². The third-order valence-electron chi connectivity index (χ3n) is 14.1. The van der Waals surface area contributed by atoms with Crippen LogP contribution in [0.5, 0.6) is 0 Å². The number of amides is 1. The van der Waals surface area contributed by atoms with Gasteiger partial charge in [-0.3, -0.25) is 9.36 Å². The Balaban J connectivity index is 4.07. The van der Waals surface area contributed by atoms with Gasteiger partial charge in [-0.1, -0.05) is 296 Å². The molecule has 8 nitrogen and oxygen atoms in total. The number of likely N-dealkylation sites (N-methyl/N-ethyl adjacent to an activating group) is 1. The number of carbonyl (C=O) groups is 1. The average Bonchev–Trinajstić information content (AvgIpc) is 3.29. The van der Waals surface area contributed by atoms with E-state index in [9.17, 15) is 19.4 Å². The third kappa shape index (κ3) is 53.1. The molecule has 0 spiro atoms. The number of carbonyl (C=O) groups excluding carboxylic acids is 1. The van der Waals surface area contributed by atoms with Gasteiger partial charge in [0.15, 0.2) is 0 Å². The Morgan fingerprint density at radius 2 is 0.731 bits per heavy atom. The summed E-state index contributed by atoms with van der Waals surface area (Å²) in [6.45, 7) is 4.78. The maximum Gasteiger partial charge on any atom is 0.268 e. The van der Waals surface area contributed by atoms with Crippen LogP contribution in [0.1, 0.15) is 316 Å². The topological polar surface area (TPSA) is 108 Å². The molecule has 0 aliphatic rings. The van der Waals surface area contributed by atoms with E-state index in [-0.39, 0.29) is 19.1 Å². The van der Waals surface area contributed by atoms with Crippen molar-refractivity contribution in [1.82, 2.24) is 5.32 Å². The first-order chi connectivity index (χ1) is 32.5. The number of phosphoric acid groups is 1. The van der Waals surface area contributed by atoms with Crippen molar-refractivity contribution in [2.75, 3.05) is 40.9 Å². The second-order valence-electron chi connectivity index (χ2n) is 22.1. The molecule has 67 heavy (non-hydrogen) atoms. The summed E-state index contributed by atoms with van der Waals surface area (Å²) in [4.78, 5) is 25.5. The highest BCUT2D eigenvalue weighted by Crippen LogP contribution is 2.38. The number of aliphatic hydroxyl groups is 1. The predicted molar refractivity (Wildman–Crippen MR) is 289 cm³/mol. The zero-order chi connectivity index (χ0) is 49.2. The van der Waals surface area contributed by atoms with E-state index in [1.165, 1.54) is 250 Å². The fourth-order valence-corrected chi connectivity index (χ4v) is 10.1. The lowest BCUT2D eigenvalue weighted by molar-refractivity contribution is -0.870. The summed E-state index contributed by atoms with van der Waals surface area (Å²) < 4.78 is 23.4. The number of hydrogen-bond donors (Lipinski definition) is 2. The van der Waals surface area contributed by atoms with Crippen LogP contribution in [0.3, 0.4) is 0 Å². The van der Waals surface area contributed by atoms with Gasteiger partial charge in [0.1, 0.15) is 13.2 Å². The molecule has 0 aliphatic carbocycles. The summed E-state index contributed by atoms with van der Waals surface area (Å²) >= 11 is 0. The van der Waals surface area contributed by atoms with Crippen LogP contribution in [-0.2, 0) is 18.4 Å². The first-order valence-corrected chi connectivity index (χ1v) is 31.3. The van der Waals surface area contributed by atoms with Crippen LogP contribution in [0.25, 0.3) is 0 Å². The van der Waals surface area contributed by atoms with Gasteiger partial charge in [0.05, 0.1) is 39.9 Å². The van der Waals surface area contributed by atoms with E-state index in [1.807, 2.05) is 21.1 Å². The van der Waals surface area contributed by atoms with E-state index in [0.29, 0.717) is 23.9 Å². The molecule has 0 aromatic heterocycles. The number of nitrogens with one attached hydrogen (secondary N) is 1. The lowest BCUT2D eigenvalue weighted by Crippen LogP contribution is -2.46. The Labute approximate surface area is 419 Å². The van der Waals surface area contributed by atoms with Crippen molar-refractivity contribution in [1.29, 1.82) is 0 Å². The predicted octanol–water partition coefficient (Wildman–Crippen LogP) is 17.4. The number of nitrogens with zero attached hydrogens (tertiary/aromatic N) is 1. The number of unbranched alkanes of at least 4 members (excludes halogenated alkanes) is 43. The molecular formula is C58H119N2O6P. The minimum absolute atomic E-state index is 0.0167. The van der Waals surface area contributed by atoms with E-state index < -0.39 is 20.0 Å². The SMILES string of the molecule is CCCCCCCCCCCCCCCCCCCCCCCCCCCCCC(O)C(COP(=O)([O-])OCC[N+](C)(C)C)NC(=O)CCCCCCCCCCCCCCCCCCCC. The summed E-state index contributed by atoms with van der Waals surface area (Å²) in [6.07, 6.45) is 60.0. The number of aliphatic hydroxyl groups excluding tert-OH is 1. The monoisotopic (exact) mass is 971 g/mol. The molecule has 0 saturated heterocycles. The van der Waals surface area contributed by atoms with Gasteiger partial charge < -0.3 is 28.8 Å². The minimum Gasteiger partial charge on any atom is -0.756 e. The second kappa shape index (κ2) is 50.4. The smallest absolute Gasteiger partial charge is 0.268 e. The number of phosphoric ester groups is 1. The highest BCUT2D eigenvalue weighted by molar-refractivity contribution is 7.45. The van der Waals surface area contributed by atoms with Crippen molar-refractivity contribution in [2.24, 2.45) is 0 Å². The van der Waals surface area contributed by atoms with Crippen molar-refractivity contribution in [2.45, 2.75) is 328 Å². The molecule has 0 fully saturated rings. The van der Waals surface area contributed by atoms with E-state index in [2.05, 4.69) is 19.2 Å². The zero-order valence-electron chi connectivity index (χ0n) is 45.9. The molecule has 0 aromatic rings. The maximum absolute atomic E-state index is 13.0. The van der Waals surface area contributed by atoms with Crippen LogP contribution >= 0.6 is 7.82 Å². The normalized spacial score (nSPS) is 13.8. The van der Waals surface area contributed by atoms with E-state index >= 15 is 0 Å². The van der Waals surface area contributed by atoms with Gasteiger partial charge in [0.25, 0.3) is 7.82 Å². The first kappa shape index (κ1) is 66.5. The molecule has 402 valence electrons. The second-order valence-corrected chi connectivity index (χ2v) is 23.5. The zero-order valence-corrected chi connectivity index (χ0v) is 46.8. The molecule has 2 N–H and O–H groups in total. The van der Waals surface area contributed by atoms with Crippen molar-refractivity contribution in [3.05, 3.63) is 0 Å². The minimum atomic E-state index is -4.57. The highest BCUT2D eigenvalue weighted by atomic mass is 31.2. The van der Waals surface area contributed by atoms with Crippen LogP contribution in [-0.4, -0.2) is 68.5 Å². The first-order valence-electron chi connectivity index (χ1n) is 29.9. The highest BCUT2D eigenvalue weighted by Gasteiger charge is 2.24. The van der Waals surface area contributed by atoms with Crippen LogP contribution in [0.15, 0.2) is 0 Å². The number of hydrogen-bond acceptors (Lipinski definition) is 6. The van der Waals surface area contributed by atoms with Crippen LogP contribution in [0, 0.1) is 0 Å². The maximum atomic E-state index is 13.0. The van der Waals surface area contributed by atoms with Gasteiger partial charge in [0.2, 0.25) is 5.91 Å². The molecule has 3 atom stereocenters. The Bertz CT molecular complexity index is 1060. The molecular weight excluding hydrogens is 852 g/mol. The molecule has 0 bridgehead atoms. The molecule has 0 rings (SSSR count). The summed E-state index contributed by atoms with van der Waals surface area (Å²) in [5.41, 5.74) is 0. The molecule has 1 amide bonds. The van der Waals surface area contributed by atoms with Crippen LogP contribution in [0.2, 0.25) is 0 Å². The van der Waals surface area contributed by atoms with E-state index in [4.69, 9.17) is 9.05 Å². The Kier molecular flexibility index (Phi) is 50.1. The van der Waals surface area contributed by atoms with Gasteiger partial charge in [0, 0.05) is 6.42 Å². The van der Waals surface area contributed by atoms with Crippen LogP contribution in [0.4, 0.5) is 0 Å². The van der Waals surface area contributed by atoms with Crippen molar-refractivity contribution in [3.63, 3.8) is 0 Å². The van der Waals surface area contributed by atoms with E-state index in [1.54, 1.807) is 0 Å². The standard InChI is InChI=1S/C58H119N2O6P/c1-6-8-10-12-14-16-18-20-22-24-26-27-28-29-30-31-32-33-34-35-37-39-41-43-45-47-49-51-57(61)56(55-66-67(63,64)65-54-53-60(3,4)5)59-58(62)52-50-48-46-44-42-40-38-36-25-23-21-19-17-15-13-11-9-7-2/h56-57,61H,6-55H2,1-5H3,(H-,59,62,63,64). The lowest BCUT2D eigenvalue weighted by atomic mass is 10.0. The Morgan fingerprint density at radius 1 is 0.463 bits per heavy atom. The van der Waals surface area contributed by atoms with E-state index in [0.717, 1.165) is 38.5 Å². The Hall–Kier alpha value is -0.500. The van der Waals surface area contributed by atoms with Crippen molar-refractivity contribution < 1.29 is 32.9 Å². The molecule has 3 unspecified atom stereocenters. The molecule has 0 aliphatic heterocycles. The van der Waals surface area contributed by atoms with Gasteiger partial charge in [-0.2, -0.15) is 0 Å². The average molecular weight is 972 g/mol. The summed E-state index contributed by atoms with van der Waals surface area (Å²) in [7, 11) is 1.33.